The molecule has 5 nitrogen and oxygen atoms in total. The van der Waals surface area contributed by atoms with Gasteiger partial charge in [-0.05, 0) is 31.2 Å². The number of pyridine rings is 1. The van der Waals surface area contributed by atoms with Crippen LogP contribution in [-0.2, 0) is 6.61 Å². The van der Waals surface area contributed by atoms with E-state index in [1.165, 1.54) is 29.5 Å². The lowest BCUT2D eigenvalue weighted by Gasteiger charge is -2.08. The third kappa shape index (κ3) is 3.11. The molecule has 0 N–H and O–H groups in total. The summed E-state index contributed by atoms with van der Waals surface area (Å²) in [5, 5.41) is 0. The van der Waals surface area contributed by atoms with Crippen LogP contribution in [-0.4, -0.2) is 15.2 Å². The minimum Gasteiger partial charge on any atom is -0.487 e. The Morgan fingerprint density at radius 3 is 2.83 bits per heavy atom. The van der Waals surface area contributed by atoms with Gasteiger partial charge in [0.15, 0.2) is 5.78 Å². The van der Waals surface area contributed by atoms with Crippen LogP contribution in [0, 0.1) is 5.82 Å². The molecule has 0 atom stereocenters. The van der Waals surface area contributed by atoms with Gasteiger partial charge >= 0.3 is 0 Å². The minimum absolute atomic E-state index is 0.0134. The molecule has 116 valence electrons. The van der Waals surface area contributed by atoms with Crippen LogP contribution in [0.3, 0.4) is 0 Å². The van der Waals surface area contributed by atoms with E-state index in [2.05, 4.69) is 4.98 Å². The fourth-order valence-corrected chi connectivity index (χ4v) is 2.21. The summed E-state index contributed by atoms with van der Waals surface area (Å²) in [5.41, 5.74) is 0.751. The summed E-state index contributed by atoms with van der Waals surface area (Å²) < 4.78 is 20.6. The molecule has 2 aromatic heterocycles. The van der Waals surface area contributed by atoms with Crippen molar-refractivity contribution in [2.45, 2.75) is 13.5 Å². The largest absolute Gasteiger partial charge is 0.487 e. The number of rotatable bonds is 4. The summed E-state index contributed by atoms with van der Waals surface area (Å²) in [7, 11) is 0. The number of halogens is 1. The summed E-state index contributed by atoms with van der Waals surface area (Å²) in [6.07, 6.45) is 1.63. The van der Waals surface area contributed by atoms with Crippen LogP contribution >= 0.6 is 0 Å². The molecular formula is C17H13FN2O3. The fraction of sp³-hybridized carbons (Fsp3) is 0.118. The standard InChI is InChI=1S/C17H13FN2O3/c1-11(21)14-6-5-13(9-15(14)18)23-10-12-8-17(22)20-7-3-2-4-16(20)19-12/h2-9H,10H2,1H3. The summed E-state index contributed by atoms with van der Waals surface area (Å²) in [6.45, 7) is 1.32. The SMILES string of the molecule is CC(=O)c1ccc(OCc2cc(=O)n3ccccc3n2)cc1F. The lowest BCUT2D eigenvalue weighted by atomic mass is 10.1. The molecule has 0 bridgehead atoms. The number of ketones is 1. The zero-order chi connectivity index (χ0) is 16.4. The Hall–Kier alpha value is -3.02. The van der Waals surface area contributed by atoms with E-state index in [0.717, 1.165) is 6.07 Å². The quantitative estimate of drug-likeness (QED) is 0.695. The zero-order valence-corrected chi connectivity index (χ0v) is 12.3. The van der Waals surface area contributed by atoms with Crippen LogP contribution in [0.2, 0.25) is 0 Å². The second kappa shape index (κ2) is 6.00. The highest BCUT2D eigenvalue weighted by Crippen LogP contribution is 2.18. The van der Waals surface area contributed by atoms with E-state index in [1.807, 2.05) is 0 Å². The van der Waals surface area contributed by atoms with Gasteiger partial charge in [0.1, 0.15) is 23.8 Å². The van der Waals surface area contributed by atoms with E-state index in [-0.39, 0.29) is 29.3 Å². The molecule has 0 fully saturated rings. The Kier molecular flexibility index (Phi) is 3.89. The first-order valence-corrected chi connectivity index (χ1v) is 6.95. The number of carbonyl (C=O) groups excluding carboxylic acids is 1. The van der Waals surface area contributed by atoms with E-state index in [0.29, 0.717) is 11.3 Å². The lowest BCUT2D eigenvalue weighted by molar-refractivity contribution is 0.101. The monoisotopic (exact) mass is 312 g/mol. The number of hydrogen-bond donors (Lipinski definition) is 0. The van der Waals surface area contributed by atoms with Gasteiger partial charge in [0, 0.05) is 18.3 Å². The van der Waals surface area contributed by atoms with Crippen molar-refractivity contribution in [3.8, 4) is 5.75 Å². The molecule has 0 aliphatic heterocycles. The molecule has 0 unspecified atom stereocenters. The first-order chi connectivity index (χ1) is 11.0. The van der Waals surface area contributed by atoms with Gasteiger partial charge < -0.3 is 4.74 Å². The van der Waals surface area contributed by atoms with E-state index < -0.39 is 5.82 Å². The summed E-state index contributed by atoms with van der Waals surface area (Å²) in [4.78, 5) is 27.5. The molecule has 0 aliphatic rings. The molecule has 6 heteroatoms. The van der Waals surface area contributed by atoms with Crippen molar-refractivity contribution >= 4 is 11.4 Å². The molecular weight excluding hydrogens is 299 g/mol. The first-order valence-electron chi connectivity index (χ1n) is 6.95. The number of benzene rings is 1. The Bertz CT molecular complexity index is 950. The van der Waals surface area contributed by atoms with Gasteiger partial charge in [-0.15, -0.1) is 0 Å². The van der Waals surface area contributed by atoms with Crippen molar-refractivity contribution in [3.63, 3.8) is 0 Å². The molecule has 0 amide bonds. The molecule has 1 aromatic carbocycles. The topological polar surface area (TPSA) is 60.7 Å². The maximum atomic E-state index is 13.7. The number of carbonyl (C=O) groups is 1. The smallest absolute Gasteiger partial charge is 0.258 e. The zero-order valence-electron chi connectivity index (χ0n) is 12.3. The van der Waals surface area contributed by atoms with Crippen molar-refractivity contribution in [3.05, 3.63) is 76.1 Å². The van der Waals surface area contributed by atoms with Gasteiger partial charge in [0.25, 0.3) is 5.56 Å². The van der Waals surface area contributed by atoms with E-state index in [1.54, 1.807) is 24.4 Å². The molecule has 23 heavy (non-hydrogen) atoms. The van der Waals surface area contributed by atoms with Gasteiger partial charge in [-0.2, -0.15) is 0 Å². The van der Waals surface area contributed by atoms with Gasteiger partial charge in [-0.1, -0.05) is 6.07 Å². The minimum atomic E-state index is -0.637. The molecule has 3 aromatic rings. The maximum Gasteiger partial charge on any atom is 0.258 e. The first kappa shape index (κ1) is 14.9. The normalized spacial score (nSPS) is 10.7. The summed E-state index contributed by atoms with van der Waals surface area (Å²) in [6, 6.07) is 10.6. The van der Waals surface area contributed by atoms with Crippen LogP contribution in [0.25, 0.3) is 5.65 Å². The average Bonchev–Trinajstić information content (AvgIpc) is 2.53. The Morgan fingerprint density at radius 1 is 1.26 bits per heavy atom. The van der Waals surface area contributed by atoms with Gasteiger partial charge in [-0.25, -0.2) is 9.37 Å². The molecule has 0 saturated heterocycles. The van der Waals surface area contributed by atoms with Crippen molar-refractivity contribution < 1.29 is 13.9 Å². The predicted molar refractivity (Wildman–Crippen MR) is 82.2 cm³/mol. The van der Waals surface area contributed by atoms with E-state index in [9.17, 15) is 14.0 Å². The third-order valence-corrected chi connectivity index (χ3v) is 3.33. The number of nitrogens with zero attached hydrogens (tertiary/aromatic N) is 2. The lowest BCUT2D eigenvalue weighted by Crippen LogP contribution is -2.16. The number of Topliss-reactive ketones (excluding diaryl/α,β-unsaturated/α-hetero) is 1. The second-order valence-electron chi connectivity index (χ2n) is 5.00. The maximum absolute atomic E-state index is 13.7. The Balaban J connectivity index is 1.82. The van der Waals surface area contributed by atoms with Crippen LogP contribution in [0.15, 0.2) is 53.5 Å². The number of ether oxygens (including phenoxy) is 1. The average molecular weight is 312 g/mol. The van der Waals surface area contributed by atoms with Gasteiger partial charge in [-0.3, -0.25) is 14.0 Å². The molecule has 0 radical (unpaired) electrons. The molecule has 0 saturated carbocycles. The molecule has 3 rings (SSSR count). The number of aromatic nitrogens is 2. The van der Waals surface area contributed by atoms with Crippen molar-refractivity contribution in [2.75, 3.05) is 0 Å². The highest BCUT2D eigenvalue weighted by molar-refractivity contribution is 5.94. The van der Waals surface area contributed by atoms with Gasteiger partial charge in [0.05, 0.1) is 11.3 Å². The number of hydrogen-bond acceptors (Lipinski definition) is 4. The van der Waals surface area contributed by atoms with Crippen LogP contribution in [0.4, 0.5) is 4.39 Å². The Morgan fingerprint density at radius 2 is 2.09 bits per heavy atom. The third-order valence-electron chi connectivity index (χ3n) is 3.33. The fourth-order valence-electron chi connectivity index (χ4n) is 2.21. The van der Waals surface area contributed by atoms with Gasteiger partial charge in [0.2, 0.25) is 0 Å². The van der Waals surface area contributed by atoms with Crippen molar-refractivity contribution in [2.24, 2.45) is 0 Å². The molecule has 0 spiro atoms. The highest BCUT2D eigenvalue weighted by atomic mass is 19.1. The van der Waals surface area contributed by atoms with Crippen LogP contribution in [0.1, 0.15) is 23.0 Å². The van der Waals surface area contributed by atoms with E-state index >= 15 is 0 Å². The van der Waals surface area contributed by atoms with Crippen molar-refractivity contribution in [1.82, 2.24) is 9.38 Å². The number of fused-ring (bicyclic) bond motifs is 1. The predicted octanol–water partition coefficient (Wildman–Crippen LogP) is 2.62. The Labute approximate surface area is 131 Å². The molecule has 0 aliphatic carbocycles. The summed E-state index contributed by atoms with van der Waals surface area (Å²) >= 11 is 0. The second-order valence-corrected chi connectivity index (χ2v) is 5.00. The van der Waals surface area contributed by atoms with E-state index in [4.69, 9.17) is 4.74 Å². The van der Waals surface area contributed by atoms with Crippen molar-refractivity contribution in [1.29, 1.82) is 0 Å². The van der Waals surface area contributed by atoms with Crippen LogP contribution < -0.4 is 10.3 Å². The summed E-state index contributed by atoms with van der Waals surface area (Å²) in [5.74, 6) is -0.720. The highest BCUT2D eigenvalue weighted by Gasteiger charge is 2.09. The van der Waals surface area contributed by atoms with Crippen LogP contribution in [0.5, 0.6) is 5.75 Å². The molecule has 2 heterocycles.